The van der Waals surface area contributed by atoms with Gasteiger partial charge in [0, 0.05) is 30.0 Å². The standard InChI is InChI=1S/C18H19ClN4O2/c1-2-16(24)22-7-8-23(18(11-22)5-6-18)17(25)10-15-13-4-3-12(19)9-14(13)20-21-15/h2-4,9H,1,5-8,10-11H2,(H,20,21). The van der Waals surface area contributed by atoms with Gasteiger partial charge in [-0.05, 0) is 37.1 Å². The van der Waals surface area contributed by atoms with Gasteiger partial charge in [-0.15, -0.1) is 0 Å². The smallest absolute Gasteiger partial charge is 0.246 e. The molecule has 130 valence electrons. The summed E-state index contributed by atoms with van der Waals surface area (Å²) in [6, 6.07) is 5.47. The zero-order valence-electron chi connectivity index (χ0n) is 13.8. The van der Waals surface area contributed by atoms with E-state index in [1.165, 1.54) is 6.08 Å². The molecule has 4 rings (SSSR count). The van der Waals surface area contributed by atoms with E-state index in [1.807, 2.05) is 11.0 Å². The first-order valence-electron chi connectivity index (χ1n) is 8.37. The molecule has 2 aromatic rings. The summed E-state index contributed by atoms with van der Waals surface area (Å²) in [6.07, 6.45) is 3.50. The van der Waals surface area contributed by atoms with Crippen LogP contribution in [0.5, 0.6) is 0 Å². The molecule has 1 saturated carbocycles. The molecule has 6 nitrogen and oxygen atoms in total. The lowest BCUT2D eigenvalue weighted by Crippen LogP contribution is -2.58. The van der Waals surface area contributed by atoms with E-state index in [4.69, 9.17) is 11.6 Å². The number of nitrogens with zero attached hydrogens (tertiary/aromatic N) is 3. The Morgan fingerprint density at radius 3 is 2.88 bits per heavy atom. The zero-order chi connectivity index (χ0) is 17.6. The lowest BCUT2D eigenvalue weighted by Gasteiger charge is -2.42. The van der Waals surface area contributed by atoms with Crippen LogP contribution in [-0.2, 0) is 16.0 Å². The number of rotatable bonds is 3. The normalized spacial score (nSPS) is 18.6. The van der Waals surface area contributed by atoms with Gasteiger partial charge in [0.2, 0.25) is 11.8 Å². The topological polar surface area (TPSA) is 69.3 Å². The van der Waals surface area contributed by atoms with Crippen LogP contribution >= 0.6 is 11.6 Å². The fourth-order valence-corrected chi connectivity index (χ4v) is 3.84. The van der Waals surface area contributed by atoms with Crippen LogP contribution in [0.25, 0.3) is 10.9 Å². The molecule has 0 bridgehead atoms. The van der Waals surface area contributed by atoms with Crippen molar-refractivity contribution >= 4 is 34.3 Å². The minimum atomic E-state index is -0.187. The lowest BCUT2D eigenvalue weighted by molar-refractivity contribution is -0.141. The van der Waals surface area contributed by atoms with E-state index in [9.17, 15) is 9.59 Å². The summed E-state index contributed by atoms with van der Waals surface area (Å²) < 4.78 is 0. The Bertz CT molecular complexity index is 871. The fourth-order valence-electron chi connectivity index (χ4n) is 3.68. The highest BCUT2D eigenvalue weighted by Gasteiger charge is 2.53. The van der Waals surface area contributed by atoms with Gasteiger partial charge in [-0.25, -0.2) is 0 Å². The molecule has 25 heavy (non-hydrogen) atoms. The number of hydrogen-bond acceptors (Lipinski definition) is 3. The Hall–Kier alpha value is -2.34. The summed E-state index contributed by atoms with van der Waals surface area (Å²) in [5.41, 5.74) is 1.38. The van der Waals surface area contributed by atoms with Gasteiger partial charge in [-0.1, -0.05) is 18.2 Å². The van der Waals surface area contributed by atoms with Crippen LogP contribution in [0, 0.1) is 0 Å². The highest BCUT2D eigenvalue weighted by atomic mass is 35.5. The molecule has 1 N–H and O–H groups in total. The van der Waals surface area contributed by atoms with Gasteiger partial charge in [-0.3, -0.25) is 14.7 Å². The number of fused-ring (bicyclic) bond motifs is 1. The van der Waals surface area contributed by atoms with Crippen LogP contribution in [0.3, 0.4) is 0 Å². The second-order valence-corrected chi connectivity index (χ2v) is 7.21. The summed E-state index contributed by atoms with van der Waals surface area (Å²) in [7, 11) is 0. The zero-order valence-corrected chi connectivity index (χ0v) is 14.6. The van der Waals surface area contributed by atoms with E-state index in [1.54, 1.807) is 17.0 Å². The third-order valence-electron chi connectivity index (χ3n) is 5.19. The number of benzene rings is 1. The molecule has 1 saturated heterocycles. The van der Waals surface area contributed by atoms with Crippen LogP contribution < -0.4 is 0 Å². The average Bonchev–Trinajstić information content (AvgIpc) is 3.25. The van der Waals surface area contributed by atoms with Gasteiger partial charge in [0.1, 0.15) is 0 Å². The van der Waals surface area contributed by atoms with Gasteiger partial charge >= 0.3 is 0 Å². The Kier molecular flexibility index (Phi) is 3.80. The van der Waals surface area contributed by atoms with Crippen LogP contribution in [-0.4, -0.2) is 57.0 Å². The number of aromatic amines is 1. The van der Waals surface area contributed by atoms with Crippen LogP contribution in [0.15, 0.2) is 30.9 Å². The summed E-state index contributed by atoms with van der Waals surface area (Å²) in [4.78, 5) is 28.5. The number of piperazine rings is 1. The Morgan fingerprint density at radius 2 is 2.16 bits per heavy atom. The largest absolute Gasteiger partial charge is 0.335 e. The molecule has 1 spiro atoms. The van der Waals surface area contributed by atoms with E-state index in [-0.39, 0.29) is 23.8 Å². The molecule has 0 radical (unpaired) electrons. The molecular weight excluding hydrogens is 340 g/mol. The van der Waals surface area contributed by atoms with Crippen molar-refractivity contribution in [3.05, 3.63) is 41.6 Å². The van der Waals surface area contributed by atoms with E-state index in [0.29, 0.717) is 24.7 Å². The molecule has 0 atom stereocenters. The third kappa shape index (κ3) is 2.80. The number of carbonyl (C=O) groups excluding carboxylic acids is 2. The molecule has 2 fully saturated rings. The summed E-state index contributed by atoms with van der Waals surface area (Å²) in [6.45, 7) is 5.27. The summed E-state index contributed by atoms with van der Waals surface area (Å²) in [5, 5.41) is 8.73. The maximum Gasteiger partial charge on any atom is 0.246 e. The SMILES string of the molecule is C=CC(=O)N1CCN(C(=O)Cc2[nH]nc3cc(Cl)ccc23)C2(CC2)C1. The predicted molar refractivity (Wildman–Crippen MR) is 95.3 cm³/mol. The van der Waals surface area contributed by atoms with Crippen molar-refractivity contribution < 1.29 is 9.59 Å². The number of halogens is 1. The Balaban J connectivity index is 1.51. The number of aromatic nitrogens is 2. The van der Waals surface area contributed by atoms with E-state index in [0.717, 1.165) is 29.4 Å². The predicted octanol–water partition coefficient (Wildman–Crippen LogP) is 2.15. The first kappa shape index (κ1) is 16.1. The molecule has 1 aliphatic heterocycles. The molecule has 7 heteroatoms. The van der Waals surface area contributed by atoms with Crippen LogP contribution in [0.1, 0.15) is 18.5 Å². The van der Waals surface area contributed by atoms with Crippen LogP contribution in [0.4, 0.5) is 0 Å². The average molecular weight is 359 g/mol. The maximum absolute atomic E-state index is 12.9. The Morgan fingerprint density at radius 1 is 1.36 bits per heavy atom. The van der Waals surface area contributed by atoms with Gasteiger partial charge in [0.15, 0.2) is 0 Å². The minimum Gasteiger partial charge on any atom is -0.335 e. The van der Waals surface area contributed by atoms with Crippen molar-refractivity contribution in [1.29, 1.82) is 0 Å². The van der Waals surface area contributed by atoms with Crippen LogP contribution in [0.2, 0.25) is 5.02 Å². The number of amides is 2. The number of H-pyrrole nitrogens is 1. The molecule has 2 amide bonds. The maximum atomic E-state index is 12.9. The molecule has 1 aromatic heterocycles. The highest BCUT2D eigenvalue weighted by Crippen LogP contribution is 2.44. The fraction of sp³-hybridized carbons (Fsp3) is 0.389. The number of hydrogen-bond donors (Lipinski definition) is 1. The number of nitrogens with one attached hydrogen (secondary N) is 1. The molecule has 1 aliphatic carbocycles. The molecule has 2 heterocycles. The van der Waals surface area contributed by atoms with Crippen molar-refractivity contribution in [1.82, 2.24) is 20.0 Å². The van der Waals surface area contributed by atoms with E-state index >= 15 is 0 Å². The van der Waals surface area contributed by atoms with Crippen molar-refractivity contribution in [2.24, 2.45) is 0 Å². The molecule has 1 aromatic carbocycles. The quantitative estimate of drug-likeness (QED) is 0.855. The van der Waals surface area contributed by atoms with Crippen molar-refractivity contribution in [2.75, 3.05) is 19.6 Å². The minimum absolute atomic E-state index is 0.0604. The van der Waals surface area contributed by atoms with Crippen molar-refractivity contribution in [3.63, 3.8) is 0 Å². The van der Waals surface area contributed by atoms with Crippen molar-refractivity contribution in [3.8, 4) is 0 Å². The summed E-state index contributed by atoms with van der Waals surface area (Å²) >= 11 is 5.98. The number of carbonyl (C=O) groups is 2. The third-order valence-corrected chi connectivity index (χ3v) is 5.43. The van der Waals surface area contributed by atoms with Crippen molar-refractivity contribution in [2.45, 2.75) is 24.8 Å². The summed E-state index contributed by atoms with van der Waals surface area (Å²) in [5.74, 6) is 0.0125. The van der Waals surface area contributed by atoms with Gasteiger partial charge < -0.3 is 9.80 Å². The van der Waals surface area contributed by atoms with Gasteiger partial charge in [-0.2, -0.15) is 5.10 Å². The van der Waals surface area contributed by atoms with Gasteiger partial charge in [0.25, 0.3) is 0 Å². The van der Waals surface area contributed by atoms with Gasteiger partial charge in [0.05, 0.1) is 23.2 Å². The first-order chi connectivity index (χ1) is 12.0. The second-order valence-electron chi connectivity index (χ2n) is 6.77. The molecular formula is C18H19ClN4O2. The highest BCUT2D eigenvalue weighted by molar-refractivity contribution is 6.31. The van der Waals surface area contributed by atoms with E-state index in [2.05, 4.69) is 16.8 Å². The first-order valence-corrected chi connectivity index (χ1v) is 8.74. The molecule has 2 aliphatic rings. The Labute approximate surface area is 150 Å². The lowest BCUT2D eigenvalue weighted by atomic mass is 10.1. The van der Waals surface area contributed by atoms with E-state index < -0.39 is 0 Å². The monoisotopic (exact) mass is 358 g/mol. The molecule has 0 unspecified atom stereocenters. The second kappa shape index (κ2) is 5.88.